The number of aliphatic hydroxyl groups excluding tert-OH is 2. The summed E-state index contributed by atoms with van der Waals surface area (Å²) in [5, 5.41) is 17.1. The maximum atomic E-state index is 12.9. The number of allylic oxidation sites excluding steroid dienone is 1. The number of rotatable bonds is 4. The van der Waals surface area contributed by atoms with E-state index in [0.29, 0.717) is 17.8 Å². The van der Waals surface area contributed by atoms with Crippen LogP contribution in [0.2, 0.25) is 0 Å². The Morgan fingerprint density at radius 1 is 1.06 bits per heavy atom. The van der Waals surface area contributed by atoms with Crippen molar-refractivity contribution >= 4 is 0 Å². The highest BCUT2D eigenvalue weighted by atomic mass is 19.4. The van der Waals surface area contributed by atoms with Crippen molar-refractivity contribution in [3.05, 3.63) is 11.6 Å². The van der Waals surface area contributed by atoms with Crippen LogP contribution in [0.15, 0.2) is 11.6 Å². The molecule has 0 aliphatic heterocycles. The number of halogens is 3. The third-order valence-electron chi connectivity index (χ3n) is 10.0. The van der Waals surface area contributed by atoms with Crippen molar-refractivity contribution < 1.29 is 23.4 Å². The van der Waals surface area contributed by atoms with Crippen molar-refractivity contribution in [3.63, 3.8) is 0 Å². The first kappa shape index (κ1) is 25.1. The Labute approximate surface area is 186 Å². The van der Waals surface area contributed by atoms with E-state index >= 15 is 0 Å². The minimum absolute atomic E-state index is 0.158. The Morgan fingerprint density at radius 3 is 2.45 bits per heavy atom. The standard InChI is InChI=1S/C25H39F3O.CH4O/c1-16(25(26,27)28)5-4-6-17-8-10-21-20-9-7-18-15-19(29)11-13-24(18,3)22(20)12-14-23(17,21)2;1-2/h7,16-17,19-22,29H,4-6,8-15H2,1-3H3;2H,1H3. The predicted molar refractivity (Wildman–Crippen MR) is 118 cm³/mol. The Bertz CT molecular complexity index is 645. The fourth-order valence-corrected chi connectivity index (χ4v) is 8.06. The van der Waals surface area contributed by atoms with E-state index in [9.17, 15) is 18.3 Å². The largest absolute Gasteiger partial charge is 0.400 e. The molecule has 0 aromatic carbocycles. The van der Waals surface area contributed by atoms with Crippen LogP contribution in [0.5, 0.6) is 0 Å². The normalized spacial score (nSPS) is 43.0. The second-order valence-corrected chi connectivity index (χ2v) is 11.3. The molecule has 31 heavy (non-hydrogen) atoms. The molecule has 0 spiro atoms. The average Bonchev–Trinajstić information content (AvgIpc) is 3.06. The van der Waals surface area contributed by atoms with E-state index in [4.69, 9.17) is 5.11 Å². The topological polar surface area (TPSA) is 40.5 Å². The smallest absolute Gasteiger partial charge is 0.391 e. The van der Waals surface area contributed by atoms with Crippen LogP contribution < -0.4 is 0 Å². The van der Waals surface area contributed by atoms with Crippen molar-refractivity contribution in [3.8, 4) is 0 Å². The molecule has 0 heterocycles. The van der Waals surface area contributed by atoms with Gasteiger partial charge in [0.1, 0.15) is 0 Å². The van der Waals surface area contributed by atoms with E-state index in [1.807, 2.05) is 0 Å². The molecule has 8 atom stereocenters. The Balaban J connectivity index is 0.00000132. The van der Waals surface area contributed by atoms with Gasteiger partial charge in [-0.1, -0.05) is 38.8 Å². The van der Waals surface area contributed by atoms with Crippen molar-refractivity contribution in [1.82, 2.24) is 0 Å². The average molecular weight is 445 g/mol. The van der Waals surface area contributed by atoms with Gasteiger partial charge < -0.3 is 10.2 Å². The summed E-state index contributed by atoms with van der Waals surface area (Å²) in [4.78, 5) is 0. The lowest BCUT2D eigenvalue weighted by molar-refractivity contribution is -0.171. The fraction of sp³-hybridized carbons (Fsp3) is 0.923. The molecule has 2 N–H and O–H groups in total. The fourth-order valence-electron chi connectivity index (χ4n) is 8.06. The lowest BCUT2D eigenvalue weighted by Crippen LogP contribution is -2.50. The molecule has 4 aliphatic carbocycles. The van der Waals surface area contributed by atoms with E-state index in [0.717, 1.165) is 57.0 Å². The molecule has 5 heteroatoms. The molecular formula is C26H43F3O2. The number of hydrogen-bond acceptors (Lipinski definition) is 2. The van der Waals surface area contributed by atoms with Crippen LogP contribution in [-0.2, 0) is 0 Å². The quantitative estimate of drug-likeness (QED) is 0.463. The van der Waals surface area contributed by atoms with Gasteiger partial charge in [-0.25, -0.2) is 0 Å². The summed E-state index contributed by atoms with van der Waals surface area (Å²) in [6, 6.07) is 0. The van der Waals surface area contributed by atoms with E-state index < -0.39 is 12.1 Å². The second-order valence-electron chi connectivity index (χ2n) is 11.3. The highest BCUT2D eigenvalue weighted by Crippen LogP contribution is 2.66. The summed E-state index contributed by atoms with van der Waals surface area (Å²) in [6.07, 6.45) is 9.25. The first-order valence-electron chi connectivity index (χ1n) is 12.4. The third kappa shape index (κ3) is 4.60. The minimum Gasteiger partial charge on any atom is -0.400 e. The molecule has 4 rings (SSSR count). The number of alkyl halides is 3. The first-order chi connectivity index (χ1) is 14.6. The summed E-state index contributed by atoms with van der Waals surface area (Å²) < 4.78 is 38.6. The lowest BCUT2D eigenvalue weighted by atomic mass is 9.47. The summed E-state index contributed by atoms with van der Waals surface area (Å²) in [6.45, 7) is 6.25. The maximum absolute atomic E-state index is 12.9. The molecule has 3 fully saturated rings. The molecule has 8 unspecified atom stereocenters. The zero-order chi connectivity index (χ0) is 23.0. The molecule has 3 saturated carbocycles. The Morgan fingerprint density at radius 2 is 1.77 bits per heavy atom. The molecule has 0 saturated heterocycles. The second kappa shape index (κ2) is 9.37. The molecule has 0 aromatic rings. The summed E-state index contributed by atoms with van der Waals surface area (Å²) in [5.41, 5.74) is 2.10. The van der Waals surface area contributed by atoms with Crippen LogP contribution in [-0.4, -0.2) is 29.6 Å². The zero-order valence-electron chi connectivity index (χ0n) is 19.8. The van der Waals surface area contributed by atoms with Crippen LogP contribution in [0, 0.1) is 40.4 Å². The minimum atomic E-state index is -4.05. The van der Waals surface area contributed by atoms with Crippen LogP contribution in [0.4, 0.5) is 13.2 Å². The zero-order valence-corrected chi connectivity index (χ0v) is 19.8. The van der Waals surface area contributed by atoms with Gasteiger partial charge >= 0.3 is 6.18 Å². The van der Waals surface area contributed by atoms with E-state index in [1.54, 1.807) is 0 Å². The van der Waals surface area contributed by atoms with Gasteiger partial charge in [0.15, 0.2) is 0 Å². The number of hydrogen-bond donors (Lipinski definition) is 2. The molecular weight excluding hydrogens is 401 g/mol. The molecule has 0 bridgehead atoms. The maximum Gasteiger partial charge on any atom is 0.391 e. The molecule has 0 amide bonds. The molecule has 0 aromatic heterocycles. The van der Waals surface area contributed by atoms with E-state index in [1.165, 1.54) is 38.2 Å². The van der Waals surface area contributed by atoms with Gasteiger partial charge in [-0.2, -0.15) is 13.2 Å². The van der Waals surface area contributed by atoms with Crippen molar-refractivity contribution in [2.45, 2.75) is 104 Å². The Kier molecular flexibility index (Phi) is 7.58. The van der Waals surface area contributed by atoms with Crippen LogP contribution in [0.25, 0.3) is 0 Å². The third-order valence-corrected chi connectivity index (χ3v) is 10.0. The van der Waals surface area contributed by atoms with Gasteiger partial charge in [0, 0.05) is 7.11 Å². The summed E-state index contributed by atoms with van der Waals surface area (Å²) >= 11 is 0. The predicted octanol–water partition coefficient (Wildman–Crippen LogP) is 6.90. The molecule has 0 radical (unpaired) electrons. The van der Waals surface area contributed by atoms with Gasteiger partial charge in [-0.15, -0.1) is 0 Å². The highest BCUT2D eigenvalue weighted by molar-refractivity contribution is 5.25. The highest BCUT2D eigenvalue weighted by Gasteiger charge is 2.58. The molecule has 180 valence electrons. The van der Waals surface area contributed by atoms with Crippen LogP contribution >= 0.6 is 0 Å². The lowest BCUT2D eigenvalue weighted by Gasteiger charge is -2.58. The van der Waals surface area contributed by atoms with Gasteiger partial charge in [-0.3, -0.25) is 0 Å². The summed E-state index contributed by atoms with van der Waals surface area (Å²) in [5.74, 6) is 1.62. The molecule has 2 nitrogen and oxygen atoms in total. The van der Waals surface area contributed by atoms with Crippen LogP contribution in [0.1, 0.15) is 91.4 Å². The van der Waals surface area contributed by atoms with Gasteiger partial charge in [0.25, 0.3) is 0 Å². The number of aliphatic hydroxyl groups is 2. The van der Waals surface area contributed by atoms with Gasteiger partial charge in [0.05, 0.1) is 12.0 Å². The van der Waals surface area contributed by atoms with Crippen LogP contribution in [0.3, 0.4) is 0 Å². The SMILES string of the molecule is CC(CCCC1CCC2C3CC=C4CC(O)CCC4(C)C3CCC12C)C(F)(F)F.CO. The number of fused-ring (bicyclic) bond motifs is 5. The van der Waals surface area contributed by atoms with E-state index in [2.05, 4.69) is 19.9 Å². The molecule has 4 aliphatic rings. The van der Waals surface area contributed by atoms with E-state index in [-0.39, 0.29) is 17.9 Å². The first-order valence-corrected chi connectivity index (χ1v) is 12.4. The van der Waals surface area contributed by atoms with Crippen molar-refractivity contribution in [2.24, 2.45) is 40.4 Å². The van der Waals surface area contributed by atoms with Crippen molar-refractivity contribution in [1.29, 1.82) is 0 Å². The van der Waals surface area contributed by atoms with Gasteiger partial charge in [-0.05, 0) is 98.7 Å². The Hall–Kier alpha value is -0.550. The van der Waals surface area contributed by atoms with Gasteiger partial charge in [0.2, 0.25) is 0 Å². The summed E-state index contributed by atoms with van der Waals surface area (Å²) in [7, 11) is 1.00. The monoisotopic (exact) mass is 444 g/mol. The van der Waals surface area contributed by atoms with Crippen molar-refractivity contribution in [2.75, 3.05) is 7.11 Å².